The number of likely N-dealkylation sites (N-methyl/N-ethyl adjacent to an activating group) is 2. The van der Waals surface area contributed by atoms with Crippen molar-refractivity contribution in [2.24, 2.45) is 0 Å². The van der Waals surface area contributed by atoms with Crippen LogP contribution < -0.4 is 9.47 Å². The first-order chi connectivity index (χ1) is 15.8. The van der Waals surface area contributed by atoms with Crippen molar-refractivity contribution in [3.63, 3.8) is 0 Å². The summed E-state index contributed by atoms with van der Waals surface area (Å²) in [6.07, 6.45) is -1.23. The van der Waals surface area contributed by atoms with E-state index in [2.05, 4.69) is 33.7 Å². The number of ether oxygens (including phenoxy) is 2. The van der Waals surface area contributed by atoms with Gasteiger partial charge in [-0.2, -0.15) is 0 Å². The fourth-order valence-corrected chi connectivity index (χ4v) is 4.14. The molecule has 1 aromatic carbocycles. The Morgan fingerprint density at radius 2 is 1.22 bits per heavy atom. The highest BCUT2D eigenvalue weighted by atomic mass is 35.5. The lowest BCUT2D eigenvalue weighted by Crippen LogP contribution is -2.47. The first kappa shape index (κ1) is 38.6. The monoisotopic (exact) mass is 608 g/mol. The van der Waals surface area contributed by atoms with Crippen molar-refractivity contribution in [1.82, 2.24) is 19.6 Å². The number of carbonyl (C=O) groups is 1. The summed E-state index contributed by atoms with van der Waals surface area (Å²) < 4.78 is 11.5. The molecular weight excluding hydrogens is 566 g/mol. The molecule has 2 aliphatic rings. The van der Waals surface area contributed by atoms with Crippen molar-refractivity contribution >= 4 is 55.4 Å². The van der Waals surface area contributed by atoms with Gasteiger partial charge in [0.05, 0.1) is 5.56 Å². The zero-order valence-electron chi connectivity index (χ0n) is 21.9. The fraction of sp³-hybridized carbons (Fsp3) is 0.708. The van der Waals surface area contributed by atoms with E-state index in [1.807, 2.05) is 0 Å². The van der Waals surface area contributed by atoms with Gasteiger partial charge in [0.25, 0.3) is 0 Å². The second-order valence-corrected chi connectivity index (χ2v) is 9.35. The number of aliphatic hydroxyl groups excluding tert-OH is 2. The second-order valence-electron chi connectivity index (χ2n) is 9.35. The van der Waals surface area contributed by atoms with Gasteiger partial charge in [-0.15, -0.1) is 49.6 Å². The highest BCUT2D eigenvalue weighted by Crippen LogP contribution is 2.25. The van der Waals surface area contributed by atoms with E-state index in [-0.39, 0.29) is 68.6 Å². The average Bonchev–Trinajstić information content (AvgIpc) is 2.79. The number of rotatable bonds is 11. The largest absolute Gasteiger partial charge is 0.491 e. The predicted molar refractivity (Wildman–Crippen MR) is 156 cm³/mol. The van der Waals surface area contributed by atoms with Crippen LogP contribution in [0, 0.1) is 0 Å². The molecule has 13 heteroatoms. The number of halogens is 4. The number of benzene rings is 1. The van der Waals surface area contributed by atoms with Crippen LogP contribution in [0.1, 0.15) is 17.3 Å². The third-order valence-electron chi connectivity index (χ3n) is 6.33. The van der Waals surface area contributed by atoms with Crippen LogP contribution in [0.3, 0.4) is 0 Å². The Morgan fingerprint density at radius 1 is 0.784 bits per heavy atom. The van der Waals surface area contributed by atoms with E-state index in [4.69, 9.17) is 9.47 Å². The number of carbonyl (C=O) groups excluding carboxylic acids is 1. The van der Waals surface area contributed by atoms with Gasteiger partial charge in [0.1, 0.15) is 36.9 Å². The molecule has 0 radical (unpaired) electrons. The highest BCUT2D eigenvalue weighted by Gasteiger charge is 2.20. The Morgan fingerprint density at radius 3 is 1.65 bits per heavy atom. The summed E-state index contributed by atoms with van der Waals surface area (Å²) >= 11 is 0. The molecule has 3 rings (SSSR count). The third-order valence-corrected chi connectivity index (χ3v) is 6.33. The molecule has 2 N–H and O–H groups in total. The van der Waals surface area contributed by atoms with Crippen molar-refractivity contribution in [1.29, 1.82) is 0 Å². The molecule has 0 aliphatic carbocycles. The lowest BCUT2D eigenvalue weighted by Gasteiger charge is -2.33. The van der Waals surface area contributed by atoms with Crippen molar-refractivity contribution in [3.8, 4) is 11.5 Å². The Labute approximate surface area is 246 Å². The molecule has 2 heterocycles. The number of piperazine rings is 2. The highest BCUT2D eigenvalue weighted by molar-refractivity contribution is 5.97. The minimum Gasteiger partial charge on any atom is -0.491 e. The van der Waals surface area contributed by atoms with Gasteiger partial charge >= 0.3 is 0 Å². The molecule has 0 amide bonds. The summed E-state index contributed by atoms with van der Waals surface area (Å²) in [5.74, 6) is 0.815. The van der Waals surface area contributed by atoms with Crippen molar-refractivity contribution in [2.45, 2.75) is 19.1 Å². The maximum Gasteiger partial charge on any atom is 0.163 e. The standard InChI is InChI=1S/C24H40N4O5.4ClH/c1-19(29)23-14-22(32-17-20(30)15-27-10-6-25(2)7-11-27)4-5-24(23)33-18-21(31)16-28-12-8-26(3)9-13-28;;;;/h4-5,14,20-21,30-31H,6-13,15-18H2,1-3H3;4*1H. The van der Waals surface area contributed by atoms with E-state index >= 15 is 0 Å². The van der Waals surface area contributed by atoms with Crippen LogP contribution in [-0.2, 0) is 0 Å². The van der Waals surface area contributed by atoms with E-state index in [1.165, 1.54) is 6.92 Å². The molecule has 37 heavy (non-hydrogen) atoms. The van der Waals surface area contributed by atoms with Crippen LogP contribution in [0.5, 0.6) is 11.5 Å². The van der Waals surface area contributed by atoms with Gasteiger partial charge in [-0.1, -0.05) is 0 Å². The molecule has 0 spiro atoms. The zero-order chi connectivity index (χ0) is 23.8. The lowest BCUT2D eigenvalue weighted by molar-refractivity contribution is 0.0492. The van der Waals surface area contributed by atoms with Gasteiger partial charge in [-0.25, -0.2) is 0 Å². The molecular formula is C24H44Cl4N4O5. The molecule has 0 bridgehead atoms. The number of aliphatic hydroxyl groups is 2. The number of nitrogens with zero attached hydrogens (tertiary/aromatic N) is 4. The minimum atomic E-state index is -0.631. The quantitative estimate of drug-likeness (QED) is 0.363. The molecule has 218 valence electrons. The summed E-state index contributed by atoms with van der Waals surface area (Å²) in [4.78, 5) is 21.2. The van der Waals surface area contributed by atoms with Crippen molar-refractivity contribution in [3.05, 3.63) is 23.8 Å². The van der Waals surface area contributed by atoms with E-state index in [1.54, 1.807) is 18.2 Å². The molecule has 9 nitrogen and oxygen atoms in total. The van der Waals surface area contributed by atoms with Gasteiger partial charge in [0.15, 0.2) is 5.78 Å². The maximum absolute atomic E-state index is 12.2. The number of hydrogen-bond acceptors (Lipinski definition) is 9. The van der Waals surface area contributed by atoms with Gasteiger partial charge in [-0.3, -0.25) is 14.6 Å². The molecule has 2 unspecified atom stereocenters. The van der Waals surface area contributed by atoms with E-state index in [0.29, 0.717) is 30.2 Å². The summed E-state index contributed by atoms with van der Waals surface area (Å²) in [6, 6.07) is 5.08. The number of Topliss-reactive ketones (excluding diaryl/α,β-unsaturated/α-hetero) is 1. The molecule has 2 fully saturated rings. The maximum atomic E-state index is 12.2. The molecule has 1 aromatic rings. The molecule has 2 atom stereocenters. The fourth-order valence-electron chi connectivity index (χ4n) is 4.14. The Bertz CT molecular complexity index is 767. The van der Waals surface area contributed by atoms with E-state index < -0.39 is 12.2 Å². The first-order valence-corrected chi connectivity index (χ1v) is 11.9. The predicted octanol–water partition coefficient (Wildman–Crippen LogP) is 1.55. The topological polar surface area (TPSA) is 89.0 Å². The van der Waals surface area contributed by atoms with Gasteiger partial charge in [0, 0.05) is 65.4 Å². The lowest BCUT2D eigenvalue weighted by atomic mass is 10.1. The van der Waals surface area contributed by atoms with Crippen LogP contribution >= 0.6 is 49.6 Å². The van der Waals surface area contributed by atoms with Crippen LogP contribution in [0.25, 0.3) is 0 Å². The second kappa shape index (κ2) is 19.5. The molecule has 2 aliphatic heterocycles. The molecule has 2 saturated heterocycles. The van der Waals surface area contributed by atoms with Gasteiger partial charge in [0.2, 0.25) is 0 Å². The zero-order valence-corrected chi connectivity index (χ0v) is 25.2. The van der Waals surface area contributed by atoms with Gasteiger partial charge in [-0.05, 0) is 39.2 Å². The Hall–Kier alpha value is -0.590. The Balaban J connectivity index is 0. The van der Waals surface area contributed by atoms with Crippen molar-refractivity contribution < 1.29 is 24.5 Å². The SMILES string of the molecule is CC(=O)c1cc(OCC(O)CN2CCN(C)CC2)ccc1OCC(O)CN1CCN(C)CC1.Cl.Cl.Cl.Cl. The van der Waals surface area contributed by atoms with E-state index in [0.717, 1.165) is 52.4 Å². The van der Waals surface area contributed by atoms with Crippen LogP contribution in [0.2, 0.25) is 0 Å². The van der Waals surface area contributed by atoms with Gasteiger partial charge < -0.3 is 29.5 Å². The van der Waals surface area contributed by atoms with Crippen molar-refractivity contribution in [2.75, 3.05) is 92.8 Å². The summed E-state index contributed by atoms with van der Waals surface area (Å²) in [5.41, 5.74) is 0.410. The smallest absolute Gasteiger partial charge is 0.163 e. The first-order valence-electron chi connectivity index (χ1n) is 11.9. The van der Waals surface area contributed by atoms with Crippen LogP contribution in [0.4, 0.5) is 0 Å². The number of hydrogen-bond donors (Lipinski definition) is 2. The minimum absolute atomic E-state index is 0. The number of ketones is 1. The summed E-state index contributed by atoms with van der Waals surface area (Å²) in [6.45, 7) is 10.6. The van der Waals surface area contributed by atoms with Crippen LogP contribution in [-0.4, -0.2) is 141 Å². The average molecular weight is 610 g/mol. The van der Waals surface area contributed by atoms with E-state index in [9.17, 15) is 15.0 Å². The molecule has 0 aromatic heterocycles. The number of β-amino-alcohol motifs (C(OH)–C–C–N with tert-alkyl or cyclic N) is 2. The molecule has 0 saturated carbocycles. The van der Waals surface area contributed by atoms with Crippen LogP contribution in [0.15, 0.2) is 18.2 Å². The Kier molecular flexibility index (Phi) is 20.3. The summed E-state index contributed by atoms with van der Waals surface area (Å²) in [5, 5.41) is 20.7. The third kappa shape index (κ3) is 13.4. The normalized spacial score (nSPS) is 18.7. The summed E-state index contributed by atoms with van der Waals surface area (Å²) in [7, 11) is 4.20.